The van der Waals surface area contributed by atoms with Crippen LogP contribution in [0.3, 0.4) is 0 Å². The van der Waals surface area contributed by atoms with E-state index in [4.69, 9.17) is 4.98 Å². The highest BCUT2D eigenvalue weighted by Gasteiger charge is 2.26. The molecule has 2 aliphatic rings. The monoisotopic (exact) mass is 392 g/mol. The highest BCUT2D eigenvalue weighted by molar-refractivity contribution is 7.19. The van der Waals surface area contributed by atoms with Gasteiger partial charge in [0, 0.05) is 37.6 Å². The second kappa shape index (κ2) is 7.80. The van der Waals surface area contributed by atoms with Crippen LogP contribution < -0.4 is 4.90 Å². The summed E-state index contributed by atoms with van der Waals surface area (Å²) in [6, 6.07) is 10.8. The molecule has 0 radical (unpaired) electrons. The number of fused-ring (bicyclic) bond motifs is 3. The molecule has 4 nitrogen and oxygen atoms in total. The van der Waals surface area contributed by atoms with Gasteiger partial charge >= 0.3 is 0 Å². The number of aryl methyl sites for hydroxylation is 1. The first-order valence-corrected chi connectivity index (χ1v) is 11.4. The van der Waals surface area contributed by atoms with Crippen molar-refractivity contribution < 1.29 is 0 Å². The van der Waals surface area contributed by atoms with Crippen molar-refractivity contribution in [2.24, 2.45) is 5.92 Å². The molecule has 5 rings (SSSR count). The maximum atomic E-state index is 4.76. The fraction of sp³-hybridized carbons (Fsp3) is 0.478. The summed E-state index contributed by atoms with van der Waals surface area (Å²) in [5, 5.41) is 1.35. The highest BCUT2D eigenvalue weighted by atomic mass is 32.1. The lowest BCUT2D eigenvalue weighted by Gasteiger charge is -2.35. The number of thiophene rings is 1. The van der Waals surface area contributed by atoms with Crippen LogP contribution in [0.2, 0.25) is 0 Å². The van der Waals surface area contributed by atoms with Gasteiger partial charge in [0.05, 0.1) is 5.39 Å². The van der Waals surface area contributed by atoms with E-state index in [0.29, 0.717) is 0 Å². The molecule has 1 saturated heterocycles. The van der Waals surface area contributed by atoms with E-state index in [1.165, 1.54) is 40.9 Å². The maximum absolute atomic E-state index is 4.76. The first-order valence-electron chi connectivity index (χ1n) is 10.5. The van der Waals surface area contributed by atoms with Gasteiger partial charge in [0.15, 0.2) is 0 Å². The van der Waals surface area contributed by atoms with Crippen LogP contribution in [0, 0.1) is 5.92 Å². The average molecular weight is 393 g/mol. The van der Waals surface area contributed by atoms with E-state index in [2.05, 4.69) is 52.0 Å². The number of rotatable bonds is 4. The summed E-state index contributed by atoms with van der Waals surface area (Å²) in [4.78, 5) is 17.2. The number of benzene rings is 1. The van der Waals surface area contributed by atoms with Crippen molar-refractivity contribution in [2.75, 3.05) is 37.6 Å². The Labute approximate surface area is 171 Å². The smallest absolute Gasteiger partial charge is 0.141 e. The van der Waals surface area contributed by atoms with Gasteiger partial charge < -0.3 is 4.90 Å². The lowest BCUT2D eigenvalue weighted by Crippen LogP contribution is -2.47. The van der Waals surface area contributed by atoms with E-state index in [1.807, 2.05) is 11.3 Å². The molecule has 1 fully saturated rings. The molecule has 1 atom stereocenters. The third-order valence-corrected chi connectivity index (χ3v) is 7.50. The summed E-state index contributed by atoms with van der Waals surface area (Å²) in [5.74, 6) is 1.95. The van der Waals surface area contributed by atoms with Crippen molar-refractivity contribution in [1.82, 2.24) is 14.9 Å². The van der Waals surface area contributed by atoms with E-state index in [9.17, 15) is 0 Å². The zero-order chi connectivity index (χ0) is 18.9. The molecule has 5 heteroatoms. The summed E-state index contributed by atoms with van der Waals surface area (Å²) in [6.07, 6.45) is 6.61. The highest BCUT2D eigenvalue weighted by Crippen LogP contribution is 2.40. The molecular weight excluding hydrogens is 364 g/mol. The average Bonchev–Trinajstić information content (AvgIpc) is 3.11. The number of anilines is 1. The molecule has 2 aromatic heterocycles. The molecular formula is C23H28N4S. The molecule has 0 spiro atoms. The van der Waals surface area contributed by atoms with Gasteiger partial charge in [-0.15, -0.1) is 11.3 Å². The van der Waals surface area contributed by atoms with Gasteiger partial charge in [-0.25, -0.2) is 9.97 Å². The van der Waals surface area contributed by atoms with Crippen LogP contribution in [0.15, 0.2) is 36.7 Å². The fourth-order valence-electron chi connectivity index (χ4n) is 4.62. The third-order valence-electron chi connectivity index (χ3n) is 6.30. The van der Waals surface area contributed by atoms with Crippen LogP contribution in [-0.4, -0.2) is 47.6 Å². The van der Waals surface area contributed by atoms with E-state index in [-0.39, 0.29) is 0 Å². The zero-order valence-electron chi connectivity index (χ0n) is 16.6. The number of aromatic nitrogens is 2. The van der Waals surface area contributed by atoms with Gasteiger partial charge in [-0.2, -0.15) is 0 Å². The van der Waals surface area contributed by atoms with Gasteiger partial charge in [0.25, 0.3) is 0 Å². The molecule has 1 aromatic carbocycles. The van der Waals surface area contributed by atoms with Gasteiger partial charge in [0.1, 0.15) is 17.0 Å². The fourth-order valence-corrected chi connectivity index (χ4v) is 5.80. The Bertz CT molecular complexity index is 944. The van der Waals surface area contributed by atoms with Crippen molar-refractivity contribution in [3.05, 3.63) is 52.7 Å². The standard InChI is InChI=1S/C23H28N4S/c1-17-7-8-20-19(15-17)21-22(24-16-25-23(21)28-20)27-13-11-26(12-14-27)10-9-18-5-3-2-4-6-18/h2-6,16-17H,7-15H2,1H3. The van der Waals surface area contributed by atoms with Gasteiger partial charge in [-0.05, 0) is 42.7 Å². The van der Waals surface area contributed by atoms with Gasteiger partial charge in [-0.1, -0.05) is 37.3 Å². The Morgan fingerprint density at radius 1 is 1.07 bits per heavy atom. The van der Waals surface area contributed by atoms with Crippen LogP contribution in [0.25, 0.3) is 10.2 Å². The molecule has 0 bridgehead atoms. The predicted molar refractivity (Wildman–Crippen MR) is 117 cm³/mol. The molecule has 28 heavy (non-hydrogen) atoms. The lowest BCUT2D eigenvalue weighted by molar-refractivity contribution is 0.260. The van der Waals surface area contributed by atoms with Crippen molar-refractivity contribution in [3.8, 4) is 0 Å². The third kappa shape index (κ3) is 3.53. The Morgan fingerprint density at radius 2 is 1.89 bits per heavy atom. The van der Waals surface area contributed by atoms with Crippen molar-refractivity contribution >= 4 is 27.4 Å². The molecule has 0 saturated carbocycles. The maximum Gasteiger partial charge on any atom is 0.141 e. The second-order valence-corrected chi connectivity index (χ2v) is 9.38. The number of nitrogens with zero attached hydrogens (tertiary/aromatic N) is 4. The van der Waals surface area contributed by atoms with E-state index in [0.717, 1.165) is 45.1 Å². The Balaban J connectivity index is 1.30. The van der Waals surface area contributed by atoms with Gasteiger partial charge in [0.2, 0.25) is 0 Å². The summed E-state index contributed by atoms with van der Waals surface area (Å²) < 4.78 is 0. The molecule has 1 aliphatic carbocycles. The molecule has 3 heterocycles. The summed E-state index contributed by atoms with van der Waals surface area (Å²) in [5.41, 5.74) is 2.97. The quantitative estimate of drug-likeness (QED) is 0.667. The minimum absolute atomic E-state index is 0.771. The molecule has 1 unspecified atom stereocenters. The van der Waals surface area contributed by atoms with E-state index < -0.39 is 0 Å². The first-order chi connectivity index (χ1) is 13.8. The minimum Gasteiger partial charge on any atom is -0.353 e. The normalized spacial score (nSPS) is 20.5. The number of piperazine rings is 1. The van der Waals surface area contributed by atoms with Crippen LogP contribution in [0.4, 0.5) is 5.82 Å². The molecule has 3 aromatic rings. The van der Waals surface area contributed by atoms with E-state index >= 15 is 0 Å². The Hall–Kier alpha value is -1.98. The van der Waals surface area contributed by atoms with Crippen LogP contribution in [0.1, 0.15) is 29.3 Å². The largest absolute Gasteiger partial charge is 0.353 e. The summed E-state index contributed by atoms with van der Waals surface area (Å²) in [6.45, 7) is 7.86. The number of hydrogen-bond acceptors (Lipinski definition) is 5. The first kappa shape index (κ1) is 18.1. The predicted octanol–water partition coefficient (Wildman–Crippen LogP) is 4.18. The molecule has 1 aliphatic heterocycles. The second-order valence-electron chi connectivity index (χ2n) is 8.29. The topological polar surface area (TPSA) is 32.3 Å². The van der Waals surface area contributed by atoms with Crippen LogP contribution in [-0.2, 0) is 19.3 Å². The van der Waals surface area contributed by atoms with Crippen LogP contribution >= 0.6 is 11.3 Å². The SMILES string of the molecule is CC1CCc2sc3ncnc(N4CCN(CCc5ccccc5)CC4)c3c2C1. The Morgan fingerprint density at radius 3 is 2.71 bits per heavy atom. The summed E-state index contributed by atoms with van der Waals surface area (Å²) in [7, 11) is 0. The van der Waals surface area contributed by atoms with Crippen molar-refractivity contribution in [1.29, 1.82) is 0 Å². The molecule has 146 valence electrons. The lowest BCUT2D eigenvalue weighted by atomic mass is 9.88. The van der Waals surface area contributed by atoms with Crippen molar-refractivity contribution in [2.45, 2.75) is 32.6 Å². The van der Waals surface area contributed by atoms with E-state index in [1.54, 1.807) is 16.8 Å². The van der Waals surface area contributed by atoms with Crippen LogP contribution in [0.5, 0.6) is 0 Å². The summed E-state index contributed by atoms with van der Waals surface area (Å²) >= 11 is 1.90. The minimum atomic E-state index is 0.771. The number of hydrogen-bond donors (Lipinski definition) is 0. The molecule has 0 amide bonds. The Kier molecular flexibility index (Phi) is 5.03. The molecule has 0 N–H and O–H groups in total. The van der Waals surface area contributed by atoms with Crippen molar-refractivity contribution in [3.63, 3.8) is 0 Å². The van der Waals surface area contributed by atoms with Gasteiger partial charge in [-0.3, -0.25) is 4.90 Å². The zero-order valence-corrected chi connectivity index (χ0v) is 17.4.